The highest BCUT2D eigenvalue weighted by Crippen LogP contribution is 2.30. The highest BCUT2D eigenvalue weighted by atomic mass is 16.2. The summed E-state index contributed by atoms with van der Waals surface area (Å²) in [6.45, 7) is 6.16. The molecule has 2 aromatic heterocycles. The summed E-state index contributed by atoms with van der Waals surface area (Å²) in [5, 5.41) is 15.5. The third kappa shape index (κ3) is 7.36. The molecule has 1 unspecified atom stereocenters. The molecule has 54 heavy (non-hydrogen) atoms. The Morgan fingerprint density at radius 1 is 0.833 bits per heavy atom. The molecule has 0 aliphatic carbocycles. The van der Waals surface area contributed by atoms with Crippen LogP contribution in [0.15, 0.2) is 59.7 Å². The summed E-state index contributed by atoms with van der Waals surface area (Å²) in [4.78, 5) is 69.2. The van der Waals surface area contributed by atoms with Crippen LogP contribution in [0.25, 0.3) is 22.0 Å². The minimum atomic E-state index is -0.868. The Kier molecular flexibility index (Phi) is 9.97. The Bertz CT molecular complexity index is 2110. The fraction of sp³-hybridized carbons (Fsp3) is 0.487. The first-order valence-electron chi connectivity index (χ1n) is 19.1. The molecule has 4 fully saturated rings. The van der Waals surface area contributed by atoms with Crippen molar-refractivity contribution in [3.8, 4) is 11.1 Å². The number of anilines is 1. The van der Waals surface area contributed by atoms with Crippen molar-refractivity contribution in [2.45, 2.75) is 63.5 Å². The van der Waals surface area contributed by atoms with Gasteiger partial charge in [-0.25, -0.2) is 0 Å². The Morgan fingerprint density at radius 3 is 2.28 bits per heavy atom. The highest BCUT2D eigenvalue weighted by Gasteiger charge is 2.33. The number of nitrogens with two attached hydrogens (primary N) is 1. The van der Waals surface area contributed by atoms with Gasteiger partial charge in [-0.3, -0.25) is 34.0 Å². The number of primary amides is 1. The predicted molar refractivity (Wildman–Crippen MR) is 200 cm³/mol. The fourth-order valence-electron chi connectivity index (χ4n) is 8.58. The van der Waals surface area contributed by atoms with Crippen molar-refractivity contribution in [3.05, 3.63) is 70.8 Å². The number of likely N-dealkylation sites (tertiary alicyclic amines) is 2. The van der Waals surface area contributed by atoms with Crippen LogP contribution < -0.4 is 21.5 Å². The lowest BCUT2D eigenvalue weighted by Crippen LogP contribution is -2.47. The van der Waals surface area contributed by atoms with Crippen molar-refractivity contribution in [2.24, 2.45) is 17.6 Å². The number of benzene rings is 2. The number of fused-ring (bicyclic) bond motifs is 1. The molecule has 15 nitrogen and oxygen atoms in total. The molecule has 0 saturated carbocycles. The molecule has 0 radical (unpaired) electrons. The summed E-state index contributed by atoms with van der Waals surface area (Å²) in [5.41, 5.74) is 8.83. The van der Waals surface area contributed by atoms with Crippen LogP contribution in [0.2, 0.25) is 0 Å². The van der Waals surface area contributed by atoms with Crippen molar-refractivity contribution in [1.82, 2.24) is 39.9 Å². The summed E-state index contributed by atoms with van der Waals surface area (Å²) in [6.07, 6.45) is 9.98. The van der Waals surface area contributed by atoms with Crippen molar-refractivity contribution >= 4 is 40.2 Å². The number of carbonyl (C=O) groups is 4. The predicted octanol–water partition coefficient (Wildman–Crippen LogP) is 2.52. The van der Waals surface area contributed by atoms with E-state index in [4.69, 9.17) is 5.73 Å². The van der Waals surface area contributed by atoms with Crippen LogP contribution in [0.1, 0.15) is 73.8 Å². The maximum absolute atomic E-state index is 13.6. The topological polar surface area (TPSA) is 182 Å². The van der Waals surface area contributed by atoms with E-state index >= 15 is 0 Å². The van der Waals surface area contributed by atoms with Gasteiger partial charge in [-0.15, -0.1) is 5.10 Å². The van der Waals surface area contributed by atoms with Gasteiger partial charge in [0.25, 0.3) is 11.5 Å². The first kappa shape index (κ1) is 35.6. The second-order valence-electron chi connectivity index (χ2n) is 15.2. The van der Waals surface area contributed by atoms with E-state index < -0.39 is 23.4 Å². The Morgan fingerprint density at radius 2 is 1.57 bits per heavy atom. The van der Waals surface area contributed by atoms with Crippen molar-refractivity contribution < 1.29 is 19.2 Å². The second-order valence-corrected chi connectivity index (χ2v) is 15.2. The Hall–Kier alpha value is -5.44. The molecule has 1 atom stereocenters. The number of carbonyl (C=O) groups excluding carboxylic acids is 4. The van der Waals surface area contributed by atoms with Gasteiger partial charge in [0.1, 0.15) is 11.6 Å². The molecule has 8 rings (SSSR count). The van der Waals surface area contributed by atoms with Gasteiger partial charge in [-0.2, -0.15) is 9.78 Å². The number of amides is 4. The number of nitrogens with one attached hydrogen (secondary N) is 1. The normalized spacial score (nSPS) is 21.1. The summed E-state index contributed by atoms with van der Waals surface area (Å²) in [7, 11) is 0. The molecule has 2 aromatic carbocycles. The van der Waals surface area contributed by atoms with Gasteiger partial charge in [0.2, 0.25) is 17.7 Å². The Balaban J connectivity index is 0.786. The zero-order chi connectivity index (χ0) is 37.3. The van der Waals surface area contributed by atoms with Crippen molar-refractivity contribution in [2.75, 3.05) is 50.7 Å². The molecule has 4 saturated heterocycles. The number of rotatable bonds is 8. The molecule has 6 heterocycles. The van der Waals surface area contributed by atoms with Crippen LogP contribution in [-0.4, -0.2) is 104 Å². The first-order chi connectivity index (χ1) is 26.2. The quantitative estimate of drug-likeness (QED) is 0.255. The SMILES string of the molecule is NC(=O)c1ccc(-c2cnn(C3CCN(CC4CCN(C(=O)C5CCN(c6ccc7nnn(C8CCC(=O)NC8=O)c(=O)c7c6)CC5)CC4)CC3)c2)cc1. The minimum absolute atomic E-state index is 0.00906. The van der Waals surface area contributed by atoms with E-state index in [1.54, 1.807) is 24.3 Å². The second kappa shape index (κ2) is 15.1. The third-order valence-corrected chi connectivity index (χ3v) is 11.9. The largest absolute Gasteiger partial charge is 0.371 e. The molecule has 4 aliphatic heterocycles. The van der Waals surface area contributed by atoms with E-state index in [9.17, 15) is 24.0 Å². The van der Waals surface area contributed by atoms with Crippen LogP contribution in [0.5, 0.6) is 0 Å². The van der Waals surface area contributed by atoms with E-state index in [2.05, 4.69) is 46.3 Å². The van der Waals surface area contributed by atoms with Crippen LogP contribution in [0, 0.1) is 11.8 Å². The third-order valence-electron chi connectivity index (χ3n) is 11.9. The van der Waals surface area contributed by atoms with Gasteiger partial charge in [0.05, 0.1) is 17.6 Å². The first-order valence-corrected chi connectivity index (χ1v) is 19.1. The summed E-state index contributed by atoms with van der Waals surface area (Å²) < 4.78 is 3.17. The van der Waals surface area contributed by atoms with E-state index in [1.165, 1.54) is 0 Å². The summed E-state index contributed by atoms with van der Waals surface area (Å²) in [6, 6.07) is 12.3. The molecule has 4 aliphatic rings. The zero-order valence-corrected chi connectivity index (χ0v) is 30.3. The number of hydrogen-bond acceptors (Lipinski definition) is 10. The Labute approximate surface area is 312 Å². The molecule has 3 N–H and O–H groups in total. The molecule has 4 amide bonds. The zero-order valence-electron chi connectivity index (χ0n) is 30.3. The maximum atomic E-state index is 13.6. The number of hydrogen-bond donors (Lipinski definition) is 2. The van der Waals surface area contributed by atoms with E-state index in [0.717, 1.165) is 92.7 Å². The van der Waals surface area contributed by atoms with E-state index in [1.807, 2.05) is 24.4 Å². The van der Waals surface area contributed by atoms with Gasteiger partial charge in [0.15, 0.2) is 0 Å². The number of imide groups is 1. The standard InChI is InChI=1S/C39H46N10O5/c40-36(51)27-3-1-26(2-4-27)29-22-41-48(24-29)30-13-15-45(16-14-30)23-25-9-17-47(18-10-25)38(53)28-11-19-46(20-12-28)31-5-6-33-32(21-31)39(54)49(44-43-33)34-7-8-35(50)42-37(34)52/h1-6,21-22,24-25,28,30,34H,7-20,23H2,(H2,40,51)(H,42,50,52). The average Bonchev–Trinajstić information content (AvgIpc) is 3.69. The number of aromatic nitrogens is 5. The van der Waals surface area contributed by atoms with Gasteiger partial charge < -0.3 is 20.4 Å². The van der Waals surface area contributed by atoms with Crippen LogP contribution >= 0.6 is 0 Å². The fourth-order valence-corrected chi connectivity index (χ4v) is 8.58. The minimum Gasteiger partial charge on any atom is -0.371 e. The van der Waals surface area contributed by atoms with Crippen molar-refractivity contribution in [1.29, 1.82) is 0 Å². The van der Waals surface area contributed by atoms with Crippen molar-refractivity contribution in [3.63, 3.8) is 0 Å². The maximum Gasteiger partial charge on any atom is 0.278 e. The molecule has 0 bridgehead atoms. The summed E-state index contributed by atoms with van der Waals surface area (Å²) in [5.74, 6) is -0.488. The molecular weight excluding hydrogens is 688 g/mol. The van der Waals surface area contributed by atoms with Gasteiger partial charge >= 0.3 is 0 Å². The molecule has 282 valence electrons. The number of nitrogens with zero attached hydrogens (tertiary/aromatic N) is 8. The number of piperidine rings is 4. The van der Waals surface area contributed by atoms with E-state index in [-0.39, 0.29) is 30.6 Å². The van der Waals surface area contributed by atoms with E-state index in [0.29, 0.717) is 41.5 Å². The highest BCUT2D eigenvalue weighted by molar-refractivity contribution is 5.99. The molecule has 0 spiro atoms. The van der Waals surface area contributed by atoms with Gasteiger partial charge in [0, 0.05) is 81.2 Å². The van der Waals surface area contributed by atoms with Crippen LogP contribution in [0.4, 0.5) is 5.69 Å². The average molecular weight is 735 g/mol. The summed E-state index contributed by atoms with van der Waals surface area (Å²) >= 11 is 0. The lowest BCUT2D eigenvalue weighted by atomic mass is 9.91. The molecule has 15 heteroatoms. The van der Waals surface area contributed by atoms with Crippen LogP contribution in [-0.2, 0) is 14.4 Å². The monoisotopic (exact) mass is 734 g/mol. The lowest BCUT2D eigenvalue weighted by Gasteiger charge is -2.40. The molecular formula is C39H46N10O5. The lowest BCUT2D eigenvalue weighted by molar-refractivity contribution is -0.138. The smallest absolute Gasteiger partial charge is 0.278 e. The van der Waals surface area contributed by atoms with Crippen LogP contribution in [0.3, 0.4) is 0 Å². The molecule has 4 aromatic rings. The van der Waals surface area contributed by atoms with Gasteiger partial charge in [-0.1, -0.05) is 17.3 Å². The van der Waals surface area contributed by atoms with Gasteiger partial charge in [-0.05, 0) is 86.8 Å².